The number of carbonyl (C=O) groups is 2. The smallest absolute Gasteiger partial charge is 0.253 e. The highest BCUT2D eigenvalue weighted by Gasteiger charge is 2.34. The van der Waals surface area contributed by atoms with Crippen molar-refractivity contribution in [3.8, 4) is 5.75 Å². The number of para-hydroxylation sites is 1. The third kappa shape index (κ3) is 4.35. The summed E-state index contributed by atoms with van der Waals surface area (Å²) in [6.45, 7) is 4.70. The third-order valence-corrected chi connectivity index (χ3v) is 6.19. The minimum Gasteiger partial charge on any atom is -0.492 e. The van der Waals surface area contributed by atoms with Gasteiger partial charge in [0.05, 0.1) is 5.92 Å². The topological polar surface area (TPSA) is 49.9 Å². The lowest BCUT2D eigenvalue weighted by Gasteiger charge is -2.40. The van der Waals surface area contributed by atoms with E-state index in [1.165, 1.54) is 0 Å². The Balaban J connectivity index is 1.39. The van der Waals surface area contributed by atoms with Crippen molar-refractivity contribution in [3.63, 3.8) is 0 Å². The lowest BCUT2D eigenvalue weighted by atomic mass is 9.93. The quantitative estimate of drug-likeness (QED) is 0.759. The van der Waals surface area contributed by atoms with Gasteiger partial charge < -0.3 is 14.5 Å². The molecule has 1 fully saturated rings. The molecule has 1 atom stereocenters. The molecule has 5 nitrogen and oxygen atoms in total. The molecule has 0 aromatic heterocycles. The highest BCUT2D eigenvalue weighted by molar-refractivity contribution is 5.94. The average Bonchev–Trinajstić information content (AvgIpc) is 2.82. The predicted octanol–water partition coefficient (Wildman–Crippen LogP) is 3.78. The number of benzene rings is 2. The van der Waals surface area contributed by atoms with Crippen molar-refractivity contribution in [2.24, 2.45) is 5.92 Å². The normalized spacial score (nSPS) is 19.0. The first-order chi connectivity index (χ1) is 14.7. The van der Waals surface area contributed by atoms with Gasteiger partial charge in [-0.15, -0.1) is 0 Å². The molecule has 0 saturated carbocycles. The third-order valence-electron chi connectivity index (χ3n) is 6.19. The van der Waals surface area contributed by atoms with Gasteiger partial charge in [-0.1, -0.05) is 43.3 Å². The standard InChI is InChI=1S/C25H30N2O3/c1-2-14-27(25(29)21-17-20-10-6-7-11-23(20)30-18-21)22-12-15-26(16-13-22)24(28)19-8-4-3-5-9-19/h3-11,21-22H,2,12-18H2,1H3. The second kappa shape index (κ2) is 9.33. The van der Waals surface area contributed by atoms with Crippen LogP contribution in [0.2, 0.25) is 0 Å². The fraction of sp³-hybridized carbons (Fsp3) is 0.440. The van der Waals surface area contributed by atoms with Crippen LogP contribution >= 0.6 is 0 Å². The maximum atomic E-state index is 13.4. The zero-order chi connectivity index (χ0) is 20.9. The molecule has 2 aromatic rings. The van der Waals surface area contributed by atoms with Crippen molar-refractivity contribution in [1.82, 2.24) is 9.80 Å². The van der Waals surface area contributed by atoms with Gasteiger partial charge in [0.2, 0.25) is 5.91 Å². The van der Waals surface area contributed by atoms with Gasteiger partial charge in [-0.3, -0.25) is 9.59 Å². The number of piperidine rings is 1. The van der Waals surface area contributed by atoms with Gasteiger partial charge in [0.1, 0.15) is 12.4 Å². The Hall–Kier alpha value is -2.82. The first kappa shape index (κ1) is 20.5. The Morgan fingerprint density at radius 3 is 2.47 bits per heavy atom. The van der Waals surface area contributed by atoms with Crippen LogP contribution in [0.1, 0.15) is 42.1 Å². The number of ether oxygens (including phenoxy) is 1. The number of nitrogens with zero attached hydrogens (tertiary/aromatic N) is 2. The van der Waals surface area contributed by atoms with Crippen molar-refractivity contribution in [1.29, 1.82) is 0 Å². The second-order valence-corrected chi connectivity index (χ2v) is 8.24. The average molecular weight is 407 g/mol. The van der Waals surface area contributed by atoms with Crippen molar-refractivity contribution in [2.75, 3.05) is 26.2 Å². The van der Waals surface area contributed by atoms with E-state index in [-0.39, 0.29) is 23.8 Å². The molecule has 0 radical (unpaired) electrons. The Morgan fingerprint density at radius 1 is 1.03 bits per heavy atom. The molecule has 0 N–H and O–H groups in total. The summed E-state index contributed by atoms with van der Waals surface area (Å²) in [6, 6.07) is 17.6. The fourth-order valence-electron chi connectivity index (χ4n) is 4.58. The molecule has 4 rings (SSSR count). The van der Waals surface area contributed by atoms with Crippen LogP contribution in [0.15, 0.2) is 54.6 Å². The van der Waals surface area contributed by atoms with Crippen LogP contribution in [0.5, 0.6) is 5.75 Å². The number of amides is 2. The molecule has 2 amide bonds. The molecule has 0 spiro atoms. The molecule has 2 aliphatic heterocycles. The van der Waals surface area contributed by atoms with E-state index in [1.807, 2.05) is 59.5 Å². The van der Waals surface area contributed by atoms with E-state index in [0.717, 1.165) is 49.1 Å². The number of likely N-dealkylation sites (tertiary alicyclic amines) is 1. The summed E-state index contributed by atoms with van der Waals surface area (Å²) in [5, 5.41) is 0. The summed E-state index contributed by atoms with van der Waals surface area (Å²) in [4.78, 5) is 30.1. The van der Waals surface area contributed by atoms with Gasteiger partial charge in [0.25, 0.3) is 5.91 Å². The summed E-state index contributed by atoms with van der Waals surface area (Å²) in [7, 11) is 0. The van der Waals surface area contributed by atoms with Gasteiger partial charge >= 0.3 is 0 Å². The van der Waals surface area contributed by atoms with Crippen LogP contribution in [0.25, 0.3) is 0 Å². The largest absolute Gasteiger partial charge is 0.492 e. The highest BCUT2D eigenvalue weighted by atomic mass is 16.5. The fourth-order valence-corrected chi connectivity index (χ4v) is 4.58. The molecule has 1 unspecified atom stereocenters. The molecule has 5 heteroatoms. The van der Waals surface area contributed by atoms with Crippen LogP contribution in [0.4, 0.5) is 0 Å². The van der Waals surface area contributed by atoms with E-state index >= 15 is 0 Å². The van der Waals surface area contributed by atoms with E-state index in [2.05, 4.69) is 11.8 Å². The SMILES string of the molecule is CCCN(C(=O)C1COc2ccccc2C1)C1CCN(C(=O)c2ccccc2)CC1. The van der Waals surface area contributed by atoms with Gasteiger partial charge in [0, 0.05) is 31.2 Å². The Morgan fingerprint density at radius 2 is 1.73 bits per heavy atom. The number of rotatable bonds is 5. The molecule has 2 aliphatic rings. The zero-order valence-electron chi connectivity index (χ0n) is 17.6. The van der Waals surface area contributed by atoms with Crippen LogP contribution < -0.4 is 4.74 Å². The van der Waals surface area contributed by atoms with E-state index < -0.39 is 0 Å². The van der Waals surface area contributed by atoms with Crippen LogP contribution in [0, 0.1) is 5.92 Å². The van der Waals surface area contributed by atoms with Crippen molar-refractivity contribution in [3.05, 3.63) is 65.7 Å². The van der Waals surface area contributed by atoms with Crippen molar-refractivity contribution < 1.29 is 14.3 Å². The van der Waals surface area contributed by atoms with Crippen molar-refractivity contribution >= 4 is 11.8 Å². The number of hydrogen-bond donors (Lipinski definition) is 0. The lowest BCUT2D eigenvalue weighted by Crippen LogP contribution is -2.51. The number of fused-ring (bicyclic) bond motifs is 1. The first-order valence-electron chi connectivity index (χ1n) is 11.0. The summed E-state index contributed by atoms with van der Waals surface area (Å²) in [5.74, 6) is 1.05. The predicted molar refractivity (Wildman–Crippen MR) is 117 cm³/mol. The molecule has 0 bridgehead atoms. The zero-order valence-corrected chi connectivity index (χ0v) is 17.6. The van der Waals surface area contributed by atoms with Gasteiger partial charge in [-0.25, -0.2) is 0 Å². The summed E-state index contributed by atoms with van der Waals surface area (Å²) in [6.07, 6.45) is 3.32. The van der Waals surface area contributed by atoms with Crippen LogP contribution in [-0.4, -0.2) is 53.9 Å². The summed E-state index contributed by atoms with van der Waals surface area (Å²) < 4.78 is 5.87. The molecule has 0 aliphatic carbocycles. The van der Waals surface area contributed by atoms with Gasteiger partial charge in [-0.2, -0.15) is 0 Å². The van der Waals surface area contributed by atoms with Gasteiger partial charge in [-0.05, 0) is 49.4 Å². The minimum atomic E-state index is -0.129. The van der Waals surface area contributed by atoms with Crippen LogP contribution in [-0.2, 0) is 11.2 Å². The summed E-state index contributed by atoms with van der Waals surface area (Å²) in [5.41, 5.74) is 1.84. The molecule has 30 heavy (non-hydrogen) atoms. The maximum Gasteiger partial charge on any atom is 0.253 e. The van der Waals surface area contributed by atoms with Crippen LogP contribution in [0.3, 0.4) is 0 Å². The monoisotopic (exact) mass is 406 g/mol. The summed E-state index contributed by atoms with van der Waals surface area (Å²) >= 11 is 0. The lowest BCUT2D eigenvalue weighted by molar-refractivity contribution is -0.140. The van der Waals surface area contributed by atoms with Gasteiger partial charge in [0.15, 0.2) is 0 Å². The van der Waals surface area contributed by atoms with E-state index in [9.17, 15) is 9.59 Å². The molecule has 2 aromatic carbocycles. The maximum absolute atomic E-state index is 13.4. The Kier molecular flexibility index (Phi) is 6.36. The molecule has 1 saturated heterocycles. The number of carbonyl (C=O) groups excluding carboxylic acids is 2. The molecule has 158 valence electrons. The van der Waals surface area contributed by atoms with E-state index in [1.54, 1.807) is 0 Å². The molecular formula is C25H30N2O3. The Labute approximate surface area is 178 Å². The molecule has 2 heterocycles. The van der Waals surface area contributed by atoms with E-state index in [4.69, 9.17) is 4.74 Å². The van der Waals surface area contributed by atoms with E-state index in [0.29, 0.717) is 19.7 Å². The van der Waals surface area contributed by atoms with Crippen molar-refractivity contribution in [2.45, 2.75) is 38.6 Å². The first-order valence-corrected chi connectivity index (χ1v) is 11.0. The second-order valence-electron chi connectivity index (χ2n) is 8.24. The molecular weight excluding hydrogens is 376 g/mol. The number of hydrogen-bond acceptors (Lipinski definition) is 3. The highest BCUT2D eigenvalue weighted by Crippen LogP contribution is 2.29. The Bertz CT molecular complexity index is 875. The minimum absolute atomic E-state index is 0.0831.